The number of nitrogens with zero attached hydrogens (tertiary/aromatic N) is 8. The summed E-state index contributed by atoms with van der Waals surface area (Å²) in [4.78, 5) is 61.9. The molecule has 0 aromatic carbocycles. The SMILES string of the molecule is C.C=CCN1C(=O)C2=C(CC1=S)c1ccncc1CC2(C)C.C=CCn1c(SCCOC)nc2c(c1=O)C(C)(C)Cc1cnccc1-2.CCOC(=O)C1=C(N)c2ccncc2CC1(C)C.Cc1cnccc1C#N.F.F.FF.FF. The van der Waals surface area contributed by atoms with Gasteiger partial charge in [-0.2, -0.15) is 5.26 Å². The molecule has 0 fully saturated rings. The van der Waals surface area contributed by atoms with Crippen LogP contribution >= 0.6 is 24.0 Å². The van der Waals surface area contributed by atoms with Crippen LogP contribution in [0.5, 0.6) is 0 Å². The highest BCUT2D eigenvalue weighted by molar-refractivity contribution is 7.99. The molecule has 14 nitrogen and oxygen atoms in total. The topological polar surface area (TPSA) is 192 Å². The number of rotatable bonds is 10. The fraction of sp³-hybridized carbons (Fsp3) is 0.379. The van der Waals surface area contributed by atoms with Crippen LogP contribution in [-0.2, 0) is 50.3 Å². The van der Waals surface area contributed by atoms with Gasteiger partial charge < -0.3 is 15.2 Å². The second-order valence-corrected chi connectivity index (χ2v) is 21.4. The van der Waals surface area contributed by atoms with Crippen molar-refractivity contribution in [2.45, 2.75) is 106 Å². The lowest BCUT2D eigenvalue weighted by Crippen LogP contribution is -2.45. The quantitative estimate of drug-likeness (QED) is 0.0264. The number of aryl methyl sites for hydroxylation is 1. The summed E-state index contributed by atoms with van der Waals surface area (Å²) in [6, 6.07) is 9.56. The number of fused-ring (bicyclic) bond motifs is 6. The van der Waals surface area contributed by atoms with Crippen molar-refractivity contribution in [2.75, 3.05) is 32.6 Å². The lowest BCUT2D eigenvalue weighted by molar-refractivity contribution is -0.139. The minimum absolute atomic E-state index is 0. The number of hydrogen-bond acceptors (Lipinski definition) is 14. The van der Waals surface area contributed by atoms with E-state index >= 15 is 0 Å². The van der Waals surface area contributed by atoms with Gasteiger partial charge in [0, 0.05) is 133 Å². The van der Waals surface area contributed by atoms with Gasteiger partial charge in [0.05, 0.1) is 46.8 Å². The van der Waals surface area contributed by atoms with Crippen LogP contribution in [0, 0.1) is 29.1 Å². The number of halogens is 6. The Hall–Kier alpha value is -7.35. The highest BCUT2D eigenvalue weighted by atomic mass is 32.2. The van der Waals surface area contributed by atoms with Crippen molar-refractivity contribution in [1.82, 2.24) is 34.4 Å². The van der Waals surface area contributed by atoms with Gasteiger partial charge in [0.2, 0.25) is 0 Å². The summed E-state index contributed by atoms with van der Waals surface area (Å²) in [5, 5.41) is 9.15. The molecule has 2 N–H and O–H groups in total. The monoisotopic (exact) mass is 1150 g/mol. The number of thiocarbonyl (C=S) groups is 1. The van der Waals surface area contributed by atoms with E-state index in [9.17, 15) is 14.4 Å². The van der Waals surface area contributed by atoms with Gasteiger partial charge >= 0.3 is 5.97 Å². The number of hydrogen-bond donors (Lipinski definition) is 1. The minimum Gasteiger partial charge on any atom is -0.463 e. The Bertz CT molecular complexity index is 3140. The molecule has 4 aliphatic rings. The minimum atomic E-state index is -0.327. The molecule has 0 radical (unpaired) electrons. The average Bonchev–Trinajstić information content (AvgIpc) is 3.39. The van der Waals surface area contributed by atoms with Crippen molar-refractivity contribution in [3.8, 4) is 17.3 Å². The molecule has 80 heavy (non-hydrogen) atoms. The maximum Gasteiger partial charge on any atom is 0.336 e. The maximum absolute atomic E-state index is 13.3. The molecule has 5 aromatic heterocycles. The van der Waals surface area contributed by atoms with Crippen molar-refractivity contribution in [3.63, 3.8) is 0 Å². The van der Waals surface area contributed by atoms with Gasteiger partial charge in [-0.3, -0.25) is 48.4 Å². The van der Waals surface area contributed by atoms with E-state index < -0.39 is 0 Å². The number of nitrogens with two attached hydrogens (primary N) is 1. The van der Waals surface area contributed by atoms with Crippen LogP contribution in [0.25, 0.3) is 22.5 Å². The normalized spacial score (nSPS) is 14.9. The number of carbonyl (C=O) groups is 2. The number of allylic oxidation sites excluding steroid dienone is 1. The van der Waals surface area contributed by atoms with Gasteiger partial charge in [0.15, 0.2) is 5.16 Å². The van der Waals surface area contributed by atoms with Crippen LogP contribution in [0.4, 0.5) is 27.7 Å². The molecule has 1 amide bonds. The molecule has 0 atom stereocenters. The number of pyridine rings is 4. The van der Waals surface area contributed by atoms with E-state index in [0.29, 0.717) is 59.7 Å². The molecule has 3 aliphatic carbocycles. The molecule has 0 spiro atoms. The Morgan fingerprint density at radius 3 is 1.88 bits per heavy atom. The smallest absolute Gasteiger partial charge is 0.336 e. The summed E-state index contributed by atoms with van der Waals surface area (Å²) in [7, 11) is 1.67. The number of amides is 1. The number of esters is 1. The summed E-state index contributed by atoms with van der Waals surface area (Å²) in [5.41, 5.74) is 18.1. The Balaban J connectivity index is 0.000000536. The first kappa shape index (κ1) is 70.7. The van der Waals surface area contributed by atoms with Crippen molar-refractivity contribution >= 4 is 52.1 Å². The van der Waals surface area contributed by atoms with Gasteiger partial charge in [-0.05, 0) is 96.2 Å². The van der Waals surface area contributed by atoms with E-state index in [1.165, 1.54) is 17.3 Å². The van der Waals surface area contributed by atoms with Gasteiger partial charge in [-0.25, -0.2) is 9.78 Å². The third kappa shape index (κ3) is 16.2. The second kappa shape index (κ2) is 32.0. The first-order valence-electron chi connectivity index (χ1n) is 24.4. The third-order valence-electron chi connectivity index (χ3n) is 13.1. The number of carbonyl (C=O) groups excluding carboxylic acids is 2. The molecule has 432 valence electrons. The zero-order valence-electron chi connectivity index (χ0n) is 45.7. The predicted molar refractivity (Wildman–Crippen MR) is 308 cm³/mol. The van der Waals surface area contributed by atoms with Crippen LogP contribution in [-0.4, -0.2) is 83.9 Å². The largest absolute Gasteiger partial charge is 0.463 e. The molecular formula is C58H71F6N9O5S2. The first-order chi connectivity index (χ1) is 36.8. The van der Waals surface area contributed by atoms with Gasteiger partial charge in [0.1, 0.15) is 0 Å². The number of nitriles is 1. The number of thioether (sulfide) groups is 1. The van der Waals surface area contributed by atoms with Crippen LogP contribution in [0.3, 0.4) is 0 Å². The summed E-state index contributed by atoms with van der Waals surface area (Å²) >= 11 is 6.99. The lowest BCUT2D eigenvalue weighted by Gasteiger charge is -2.41. The predicted octanol–water partition coefficient (Wildman–Crippen LogP) is 12.0. The lowest BCUT2D eigenvalue weighted by atomic mass is 9.68. The molecule has 0 unspecified atom stereocenters. The highest BCUT2D eigenvalue weighted by Crippen LogP contribution is 2.47. The summed E-state index contributed by atoms with van der Waals surface area (Å²) in [5.74, 6) is 0.460. The van der Waals surface area contributed by atoms with E-state index in [-0.39, 0.29) is 50.5 Å². The average molecular weight is 1150 g/mol. The molecule has 1 aliphatic heterocycles. The van der Waals surface area contributed by atoms with Gasteiger partial charge in [-0.15, -0.1) is 13.2 Å². The van der Waals surface area contributed by atoms with Crippen molar-refractivity contribution in [1.29, 1.82) is 5.26 Å². The third-order valence-corrected chi connectivity index (χ3v) is 14.4. The number of methoxy groups -OCH3 is 1. The van der Waals surface area contributed by atoms with Crippen molar-refractivity contribution in [2.24, 2.45) is 16.6 Å². The fourth-order valence-electron chi connectivity index (χ4n) is 9.78. The van der Waals surface area contributed by atoms with Gasteiger partial charge in [-0.1, -0.05) is 85.1 Å². The van der Waals surface area contributed by atoms with E-state index in [0.717, 1.165) is 80.8 Å². The fourth-order valence-corrected chi connectivity index (χ4v) is 11.0. The zero-order valence-corrected chi connectivity index (χ0v) is 47.3. The Labute approximate surface area is 473 Å². The van der Waals surface area contributed by atoms with E-state index in [2.05, 4.69) is 66.9 Å². The van der Waals surface area contributed by atoms with Gasteiger partial charge in [0.25, 0.3) is 11.5 Å². The second-order valence-electron chi connectivity index (χ2n) is 19.9. The standard InChI is InChI=1S/C19H23N3O2S.C17H18N2OS.C14H18N2O2.C7H6N2.CH4.2F2.2FH/c1-5-8-22-17(23)15-16(21-18(22)25-10-9-24-4)14-6-7-20-12-13(14)11-19(15,2)3;1-4-7-19-14(21)8-13-12-5-6-18-10-11(12)9-17(2,3)15(13)16(19)20;1-4-18-13(17)11-12(15)10-5-6-16-8-9(10)7-14(11,2)3;1-6-5-9-3-2-7(6)4-8;;2*1-2;;/h5-7,12H,1,8-11H2,2-4H3;4-6,10H,1,7-9H2,2-3H3;5-6,8H,4,7,15H2,1-3H3;2-3,5H,1H3;1H4;;;2*1H. The molecule has 5 aromatic rings. The number of aromatic nitrogens is 6. The highest BCUT2D eigenvalue weighted by Gasteiger charge is 2.43. The molecular weight excluding hydrogens is 1080 g/mol. The van der Waals surface area contributed by atoms with Crippen molar-refractivity contribution < 1.29 is 46.8 Å². The van der Waals surface area contributed by atoms with E-state index in [1.807, 2.05) is 57.6 Å². The van der Waals surface area contributed by atoms with Crippen LogP contribution in [0.15, 0.2) is 120 Å². The molecule has 9 rings (SSSR count). The van der Waals surface area contributed by atoms with E-state index in [1.54, 1.807) is 72.7 Å². The Kier molecular flexibility index (Phi) is 28.3. The molecule has 0 bridgehead atoms. The van der Waals surface area contributed by atoms with Crippen LogP contribution in [0.1, 0.15) is 107 Å². The molecule has 6 heterocycles. The molecule has 0 saturated carbocycles. The van der Waals surface area contributed by atoms with E-state index in [4.69, 9.17) is 56.0 Å². The Morgan fingerprint density at radius 2 is 1.34 bits per heavy atom. The summed E-state index contributed by atoms with van der Waals surface area (Å²) < 4.78 is 44.0. The van der Waals surface area contributed by atoms with Crippen molar-refractivity contribution in [3.05, 3.63) is 165 Å². The van der Waals surface area contributed by atoms with Crippen LogP contribution in [0.2, 0.25) is 0 Å². The Morgan fingerprint density at radius 1 is 0.825 bits per heavy atom. The number of ether oxygens (including phenoxy) is 2. The summed E-state index contributed by atoms with van der Waals surface area (Å²) in [6.45, 7) is 25.5. The zero-order chi connectivity index (χ0) is 57.3. The summed E-state index contributed by atoms with van der Waals surface area (Å²) in [6.07, 6.45) is 20.6. The molecule has 0 saturated heterocycles. The van der Waals surface area contributed by atoms with Crippen LogP contribution < -0.4 is 11.3 Å². The maximum atomic E-state index is 13.3. The molecule has 22 heteroatoms. The first-order valence-corrected chi connectivity index (χ1v) is 25.8.